The number of methoxy groups -OCH3 is 1. The number of benzene rings is 1. The first-order chi connectivity index (χ1) is 15.4. The van der Waals surface area contributed by atoms with Gasteiger partial charge < -0.3 is 4.74 Å². The van der Waals surface area contributed by atoms with Gasteiger partial charge in [-0.2, -0.15) is 0 Å². The number of pyridine rings is 1. The number of nitrogens with zero attached hydrogens (tertiary/aromatic N) is 3. The van der Waals surface area contributed by atoms with Crippen molar-refractivity contribution in [3.63, 3.8) is 0 Å². The molecule has 0 N–H and O–H groups in total. The fourth-order valence-electron chi connectivity index (χ4n) is 4.46. The van der Waals surface area contributed by atoms with Crippen molar-refractivity contribution in [2.75, 3.05) is 7.11 Å². The average molecular weight is 446 g/mol. The van der Waals surface area contributed by atoms with Crippen molar-refractivity contribution in [3.8, 4) is 5.75 Å². The highest BCUT2D eigenvalue weighted by Crippen LogP contribution is 2.43. The first-order valence-electron chi connectivity index (χ1n) is 10.5. The minimum absolute atomic E-state index is 0.0595. The number of hydrogen-bond acceptors (Lipinski definition) is 6. The van der Waals surface area contributed by atoms with Crippen molar-refractivity contribution < 1.29 is 9.53 Å². The highest BCUT2D eigenvalue weighted by Gasteiger charge is 2.40. The zero-order valence-corrected chi connectivity index (χ0v) is 19.0. The maximum Gasteiger partial charge on any atom is 0.271 e. The van der Waals surface area contributed by atoms with Gasteiger partial charge in [-0.15, -0.1) is 0 Å². The van der Waals surface area contributed by atoms with Crippen LogP contribution in [-0.2, 0) is 4.79 Å². The summed E-state index contributed by atoms with van der Waals surface area (Å²) in [6.45, 7) is 4.18. The minimum Gasteiger partial charge on any atom is -0.497 e. The molecule has 1 atom stereocenters. The normalized spacial score (nSPS) is 19.9. The number of rotatable bonds is 3. The number of ketones is 1. The third kappa shape index (κ3) is 3.52. The Morgan fingerprint density at radius 3 is 2.50 bits per heavy atom. The van der Waals surface area contributed by atoms with E-state index in [1.165, 1.54) is 11.3 Å². The Morgan fingerprint density at radius 2 is 1.81 bits per heavy atom. The lowest BCUT2D eigenvalue weighted by Crippen LogP contribution is -2.42. The SMILES string of the molecule is COc1ccc(C2C3=C(CC(C)(C)CC3=O)N=c3sc(=Cc4ccncc4)c(=O)n32)cc1. The van der Waals surface area contributed by atoms with Crippen molar-refractivity contribution in [2.45, 2.75) is 32.7 Å². The molecule has 0 bridgehead atoms. The predicted molar refractivity (Wildman–Crippen MR) is 123 cm³/mol. The van der Waals surface area contributed by atoms with Gasteiger partial charge in [-0.1, -0.05) is 37.3 Å². The van der Waals surface area contributed by atoms with Crippen LogP contribution in [0.5, 0.6) is 5.75 Å². The zero-order valence-electron chi connectivity index (χ0n) is 18.2. The summed E-state index contributed by atoms with van der Waals surface area (Å²) in [6, 6.07) is 10.8. The molecule has 0 amide bonds. The van der Waals surface area contributed by atoms with E-state index in [-0.39, 0.29) is 16.8 Å². The molecule has 162 valence electrons. The Bertz CT molecular complexity index is 1410. The van der Waals surface area contributed by atoms with Gasteiger partial charge in [0.25, 0.3) is 5.56 Å². The molecule has 2 aromatic heterocycles. The van der Waals surface area contributed by atoms with Crippen LogP contribution in [-0.4, -0.2) is 22.4 Å². The fraction of sp³-hybridized carbons (Fsp3) is 0.280. The zero-order chi connectivity index (χ0) is 22.5. The topological polar surface area (TPSA) is 73.6 Å². The molecule has 0 saturated carbocycles. The van der Waals surface area contributed by atoms with Crippen LogP contribution in [0.1, 0.15) is 43.9 Å². The van der Waals surface area contributed by atoms with Crippen molar-refractivity contribution in [1.82, 2.24) is 9.55 Å². The van der Waals surface area contributed by atoms with E-state index in [1.54, 1.807) is 24.1 Å². The molecule has 7 heteroatoms. The summed E-state index contributed by atoms with van der Waals surface area (Å²) in [4.78, 5) is 36.3. The number of aromatic nitrogens is 2. The molecule has 1 aliphatic heterocycles. The lowest BCUT2D eigenvalue weighted by atomic mass is 9.73. The number of allylic oxidation sites excluding steroid dienone is 2. The Hall–Kier alpha value is -3.32. The number of hydrogen-bond donors (Lipinski definition) is 0. The van der Waals surface area contributed by atoms with Gasteiger partial charge in [-0.3, -0.25) is 19.1 Å². The molecule has 0 radical (unpaired) electrons. The highest BCUT2D eigenvalue weighted by molar-refractivity contribution is 7.07. The fourth-order valence-corrected chi connectivity index (χ4v) is 5.48. The second-order valence-electron chi connectivity index (χ2n) is 8.94. The van der Waals surface area contributed by atoms with Crippen LogP contribution in [0.4, 0.5) is 0 Å². The number of thiazole rings is 1. The third-order valence-corrected chi connectivity index (χ3v) is 6.91. The molecule has 0 spiro atoms. The first kappa shape index (κ1) is 20.6. The van der Waals surface area contributed by atoms with E-state index in [9.17, 15) is 9.59 Å². The number of ether oxygens (including phenoxy) is 1. The van der Waals surface area contributed by atoms with Crippen LogP contribution in [0.25, 0.3) is 6.08 Å². The number of Topliss-reactive ketones (excluding diaryl/α,β-unsaturated/α-hetero) is 1. The molecule has 3 heterocycles. The largest absolute Gasteiger partial charge is 0.497 e. The van der Waals surface area contributed by atoms with Crippen LogP contribution < -0.4 is 19.6 Å². The van der Waals surface area contributed by atoms with Crippen molar-refractivity contribution in [3.05, 3.63) is 90.9 Å². The van der Waals surface area contributed by atoms with Gasteiger partial charge >= 0.3 is 0 Å². The highest BCUT2D eigenvalue weighted by atomic mass is 32.1. The van der Waals surface area contributed by atoms with Gasteiger partial charge in [-0.05, 0) is 53.3 Å². The van der Waals surface area contributed by atoms with E-state index in [1.807, 2.05) is 42.5 Å². The molecule has 1 aromatic carbocycles. The molecule has 2 aliphatic rings. The van der Waals surface area contributed by atoms with Crippen LogP contribution in [0, 0.1) is 5.41 Å². The Labute approximate surface area is 189 Å². The van der Waals surface area contributed by atoms with Gasteiger partial charge in [-0.25, -0.2) is 4.99 Å². The maximum absolute atomic E-state index is 13.5. The standard InChI is InChI=1S/C25H23N3O3S/c1-25(2)13-18-21(19(29)14-25)22(16-4-6-17(31-3)7-5-16)28-23(30)20(32-24(28)27-18)12-15-8-10-26-11-9-15/h4-12,22H,13-14H2,1-3H3. The molecule has 3 aromatic rings. The first-order valence-corrected chi connectivity index (χ1v) is 11.3. The van der Waals surface area contributed by atoms with Crippen LogP contribution >= 0.6 is 11.3 Å². The smallest absolute Gasteiger partial charge is 0.271 e. The van der Waals surface area contributed by atoms with Gasteiger partial charge in [0, 0.05) is 24.4 Å². The second-order valence-corrected chi connectivity index (χ2v) is 9.95. The second kappa shape index (κ2) is 7.67. The minimum atomic E-state index is -0.490. The predicted octanol–water partition coefficient (Wildman–Crippen LogP) is 3.01. The van der Waals surface area contributed by atoms with Crippen LogP contribution in [0.2, 0.25) is 0 Å². The van der Waals surface area contributed by atoms with E-state index < -0.39 is 6.04 Å². The van der Waals surface area contributed by atoms with E-state index in [0.29, 0.717) is 27.7 Å². The summed E-state index contributed by atoms with van der Waals surface area (Å²) >= 11 is 1.36. The van der Waals surface area contributed by atoms with Crippen LogP contribution in [0.3, 0.4) is 0 Å². The number of fused-ring (bicyclic) bond motifs is 1. The summed E-state index contributed by atoms with van der Waals surface area (Å²) in [6.07, 6.45) is 6.39. The van der Waals surface area contributed by atoms with E-state index in [2.05, 4.69) is 18.8 Å². The maximum atomic E-state index is 13.5. The summed E-state index contributed by atoms with van der Waals surface area (Å²) < 4.78 is 7.56. The molecule has 6 nitrogen and oxygen atoms in total. The van der Waals surface area contributed by atoms with Crippen LogP contribution in [0.15, 0.2) is 69.8 Å². The molecule has 1 aliphatic carbocycles. The molecule has 5 rings (SSSR count). The molecular weight excluding hydrogens is 422 g/mol. The third-order valence-electron chi connectivity index (χ3n) is 5.93. The van der Waals surface area contributed by atoms with E-state index in [0.717, 1.165) is 22.6 Å². The Morgan fingerprint density at radius 1 is 1.09 bits per heavy atom. The number of carbonyl (C=O) groups excluding carboxylic acids is 1. The Kier molecular flexibility index (Phi) is 4.93. The molecule has 1 unspecified atom stereocenters. The van der Waals surface area contributed by atoms with E-state index in [4.69, 9.17) is 9.73 Å². The summed E-state index contributed by atoms with van der Waals surface area (Å²) in [5.41, 5.74) is 2.90. The van der Waals surface area contributed by atoms with Crippen molar-refractivity contribution in [2.24, 2.45) is 10.4 Å². The van der Waals surface area contributed by atoms with Crippen molar-refractivity contribution >= 4 is 23.2 Å². The average Bonchev–Trinajstić information content (AvgIpc) is 3.07. The lowest BCUT2D eigenvalue weighted by molar-refractivity contribution is -0.118. The molecule has 0 fully saturated rings. The quantitative estimate of drug-likeness (QED) is 0.621. The van der Waals surface area contributed by atoms with Gasteiger partial charge in [0.1, 0.15) is 5.75 Å². The molecular formula is C25H23N3O3S. The molecule has 0 saturated heterocycles. The summed E-state index contributed by atoms with van der Waals surface area (Å²) in [7, 11) is 1.62. The summed E-state index contributed by atoms with van der Waals surface area (Å²) in [5.74, 6) is 0.786. The van der Waals surface area contributed by atoms with Crippen molar-refractivity contribution in [1.29, 1.82) is 0 Å². The van der Waals surface area contributed by atoms with E-state index >= 15 is 0 Å². The Balaban J connectivity index is 1.76. The van der Waals surface area contributed by atoms with Gasteiger partial charge in [0.15, 0.2) is 10.6 Å². The number of carbonyl (C=O) groups is 1. The molecule has 32 heavy (non-hydrogen) atoms. The lowest BCUT2D eigenvalue weighted by Gasteiger charge is -2.35. The van der Waals surface area contributed by atoms with Gasteiger partial charge in [0.05, 0.1) is 23.4 Å². The summed E-state index contributed by atoms with van der Waals surface area (Å²) in [5, 5.41) is 0. The monoisotopic (exact) mass is 445 g/mol. The van der Waals surface area contributed by atoms with Gasteiger partial charge in [0.2, 0.25) is 0 Å².